The molecule has 1 aliphatic rings. The van der Waals surface area contributed by atoms with Crippen LogP contribution in [0.4, 0.5) is 0 Å². The molecular formula is C18H27N5OS. The Bertz CT molecular complexity index is 692. The Morgan fingerprint density at radius 2 is 2.24 bits per heavy atom. The third-order valence-corrected chi connectivity index (χ3v) is 5.85. The summed E-state index contributed by atoms with van der Waals surface area (Å²) in [7, 11) is 0. The third kappa shape index (κ3) is 3.93. The molecule has 2 atom stereocenters. The van der Waals surface area contributed by atoms with Crippen molar-refractivity contribution in [3.05, 3.63) is 34.0 Å². The van der Waals surface area contributed by atoms with Crippen LogP contribution in [0.3, 0.4) is 0 Å². The van der Waals surface area contributed by atoms with E-state index in [1.165, 1.54) is 5.56 Å². The van der Waals surface area contributed by atoms with E-state index in [1.54, 1.807) is 11.3 Å². The molecule has 0 aromatic carbocycles. The first-order chi connectivity index (χ1) is 12.1. The van der Waals surface area contributed by atoms with Gasteiger partial charge in [-0.15, -0.1) is 10.2 Å². The van der Waals surface area contributed by atoms with Crippen molar-refractivity contribution >= 4 is 17.2 Å². The molecule has 2 aromatic heterocycles. The molecule has 2 aromatic rings. The number of carbonyl (C=O) groups excluding carboxylic acids is 1. The minimum atomic E-state index is 0.00188. The minimum Gasteiger partial charge on any atom is -0.354 e. The summed E-state index contributed by atoms with van der Waals surface area (Å²) >= 11 is 1.71. The first-order valence-electron chi connectivity index (χ1n) is 9.06. The second-order valence-electron chi connectivity index (χ2n) is 6.55. The van der Waals surface area contributed by atoms with Gasteiger partial charge in [0.1, 0.15) is 11.6 Å². The predicted molar refractivity (Wildman–Crippen MR) is 99.6 cm³/mol. The molecule has 7 heteroatoms. The maximum absolute atomic E-state index is 12.7. The zero-order valence-corrected chi connectivity index (χ0v) is 16.1. The van der Waals surface area contributed by atoms with Crippen LogP contribution in [-0.4, -0.2) is 45.2 Å². The maximum Gasteiger partial charge on any atom is 0.224 e. The average molecular weight is 362 g/mol. The Balaban J connectivity index is 1.63. The second kappa shape index (κ2) is 8.10. The molecule has 6 nitrogen and oxygen atoms in total. The average Bonchev–Trinajstić information content (AvgIpc) is 3.28. The molecule has 0 aliphatic carbocycles. The normalized spacial score (nSPS) is 18.2. The first kappa shape index (κ1) is 18.1. The highest BCUT2D eigenvalue weighted by molar-refractivity contribution is 7.07. The number of aryl methyl sites for hydroxylation is 2. The van der Waals surface area contributed by atoms with E-state index in [9.17, 15) is 4.79 Å². The van der Waals surface area contributed by atoms with Gasteiger partial charge in [0.25, 0.3) is 0 Å². The Morgan fingerprint density at radius 1 is 1.44 bits per heavy atom. The van der Waals surface area contributed by atoms with E-state index in [2.05, 4.69) is 55.7 Å². The van der Waals surface area contributed by atoms with Crippen molar-refractivity contribution in [1.29, 1.82) is 0 Å². The number of rotatable bonds is 7. The fourth-order valence-electron chi connectivity index (χ4n) is 3.60. The number of nitrogens with zero attached hydrogens (tertiary/aromatic N) is 4. The molecule has 0 spiro atoms. The number of aromatic nitrogens is 3. The van der Waals surface area contributed by atoms with Crippen molar-refractivity contribution in [1.82, 2.24) is 25.0 Å². The van der Waals surface area contributed by atoms with E-state index >= 15 is 0 Å². The van der Waals surface area contributed by atoms with Crippen molar-refractivity contribution in [3.63, 3.8) is 0 Å². The van der Waals surface area contributed by atoms with Crippen LogP contribution in [0.5, 0.6) is 0 Å². The van der Waals surface area contributed by atoms with E-state index in [0.717, 1.165) is 37.6 Å². The highest BCUT2D eigenvalue weighted by Crippen LogP contribution is 2.23. The van der Waals surface area contributed by atoms with Gasteiger partial charge in [0.05, 0.1) is 12.0 Å². The SMILES string of the molecule is CCN(CC)[C@@H](CNC(=O)[C@H]1CCc2nnc(C)n2C1)c1ccsc1. The molecule has 136 valence electrons. The quantitative estimate of drug-likeness (QED) is 0.823. The topological polar surface area (TPSA) is 63.1 Å². The van der Waals surface area contributed by atoms with Crippen LogP contribution in [-0.2, 0) is 17.8 Å². The lowest BCUT2D eigenvalue weighted by Gasteiger charge is -2.30. The van der Waals surface area contributed by atoms with Gasteiger partial charge in [-0.2, -0.15) is 11.3 Å². The summed E-state index contributed by atoms with van der Waals surface area (Å²) in [5.41, 5.74) is 1.29. The number of hydrogen-bond donors (Lipinski definition) is 1. The van der Waals surface area contributed by atoms with Crippen LogP contribution < -0.4 is 5.32 Å². The largest absolute Gasteiger partial charge is 0.354 e. The molecule has 1 aliphatic heterocycles. The molecule has 0 bridgehead atoms. The Hall–Kier alpha value is -1.73. The summed E-state index contributed by atoms with van der Waals surface area (Å²) in [5.74, 6) is 2.04. The highest BCUT2D eigenvalue weighted by Gasteiger charge is 2.28. The van der Waals surface area contributed by atoms with E-state index < -0.39 is 0 Å². The fraction of sp³-hybridized carbons (Fsp3) is 0.611. The summed E-state index contributed by atoms with van der Waals surface area (Å²) in [6.45, 7) is 9.57. The maximum atomic E-state index is 12.7. The standard InChI is InChI=1S/C18H27N5OS/c1-4-22(5-2)16(15-8-9-25-12-15)10-19-18(24)14-6-7-17-21-20-13(3)23(17)11-14/h8-9,12,14,16H,4-7,10-11H2,1-3H3,(H,19,24)/t14-,16-/m0/s1. The van der Waals surface area contributed by atoms with Crippen LogP contribution in [0.15, 0.2) is 16.8 Å². The zero-order chi connectivity index (χ0) is 17.8. The van der Waals surface area contributed by atoms with Gasteiger partial charge in [-0.05, 0) is 48.8 Å². The number of nitrogens with one attached hydrogen (secondary N) is 1. The monoisotopic (exact) mass is 361 g/mol. The van der Waals surface area contributed by atoms with Gasteiger partial charge in [0, 0.05) is 19.5 Å². The van der Waals surface area contributed by atoms with E-state index in [4.69, 9.17) is 0 Å². The Kier molecular flexibility index (Phi) is 5.86. The summed E-state index contributed by atoms with van der Waals surface area (Å²) in [6.07, 6.45) is 1.67. The first-order valence-corrected chi connectivity index (χ1v) is 10.0. The number of thiophene rings is 1. The summed E-state index contributed by atoms with van der Waals surface area (Å²) in [5, 5.41) is 15.8. The number of amides is 1. The lowest BCUT2D eigenvalue weighted by molar-refractivity contribution is -0.126. The van der Waals surface area contributed by atoms with Gasteiger partial charge in [-0.25, -0.2) is 0 Å². The number of carbonyl (C=O) groups is 1. The fourth-order valence-corrected chi connectivity index (χ4v) is 4.31. The van der Waals surface area contributed by atoms with Crippen molar-refractivity contribution < 1.29 is 4.79 Å². The van der Waals surface area contributed by atoms with Crippen molar-refractivity contribution in [2.24, 2.45) is 5.92 Å². The van der Waals surface area contributed by atoms with Crippen LogP contribution in [0.2, 0.25) is 0 Å². The van der Waals surface area contributed by atoms with E-state index in [-0.39, 0.29) is 17.9 Å². The molecular weight excluding hydrogens is 334 g/mol. The molecule has 0 saturated heterocycles. The van der Waals surface area contributed by atoms with Gasteiger partial charge in [0.15, 0.2) is 0 Å². The van der Waals surface area contributed by atoms with Crippen LogP contribution >= 0.6 is 11.3 Å². The smallest absolute Gasteiger partial charge is 0.224 e. The lowest BCUT2D eigenvalue weighted by atomic mass is 9.98. The van der Waals surface area contributed by atoms with Gasteiger partial charge < -0.3 is 9.88 Å². The van der Waals surface area contributed by atoms with Crippen LogP contribution in [0, 0.1) is 12.8 Å². The molecule has 1 N–H and O–H groups in total. The zero-order valence-electron chi connectivity index (χ0n) is 15.2. The van der Waals surface area contributed by atoms with Crippen LogP contribution in [0.25, 0.3) is 0 Å². The Morgan fingerprint density at radius 3 is 2.92 bits per heavy atom. The molecule has 1 amide bonds. The van der Waals surface area contributed by atoms with Gasteiger partial charge in [-0.1, -0.05) is 13.8 Å². The highest BCUT2D eigenvalue weighted by atomic mass is 32.1. The molecule has 0 unspecified atom stereocenters. The minimum absolute atomic E-state index is 0.00188. The lowest BCUT2D eigenvalue weighted by Crippen LogP contribution is -2.42. The third-order valence-electron chi connectivity index (χ3n) is 5.15. The van der Waals surface area contributed by atoms with Crippen molar-refractivity contribution in [3.8, 4) is 0 Å². The number of hydrogen-bond acceptors (Lipinski definition) is 5. The molecule has 3 rings (SSSR count). The Labute approximate surface area is 153 Å². The summed E-state index contributed by atoms with van der Waals surface area (Å²) in [6, 6.07) is 2.40. The molecule has 25 heavy (non-hydrogen) atoms. The van der Waals surface area contributed by atoms with Crippen LogP contribution in [0.1, 0.15) is 43.5 Å². The van der Waals surface area contributed by atoms with E-state index in [1.807, 2.05) is 6.92 Å². The predicted octanol–water partition coefficient (Wildman–Crippen LogP) is 2.41. The van der Waals surface area contributed by atoms with Crippen molar-refractivity contribution in [2.45, 2.75) is 46.2 Å². The van der Waals surface area contributed by atoms with Gasteiger partial charge in [0.2, 0.25) is 5.91 Å². The van der Waals surface area contributed by atoms with Crippen molar-refractivity contribution in [2.75, 3.05) is 19.6 Å². The molecule has 0 fully saturated rings. The van der Waals surface area contributed by atoms with Gasteiger partial charge >= 0.3 is 0 Å². The van der Waals surface area contributed by atoms with E-state index in [0.29, 0.717) is 13.1 Å². The summed E-state index contributed by atoms with van der Waals surface area (Å²) in [4.78, 5) is 15.1. The number of likely N-dealkylation sites (N-methyl/N-ethyl adjacent to an activating group) is 1. The number of fused-ring (bicyclic) bond motifs is 1. The second-order valence-corrected chi connectivity index (χ2v) is 7.33. The molecule has 0 saturated carbocycles. The summed E-state index contributed by atoms with van der Waals surface area (Å²) < 4.78 is 2.08. The molecule has 0 radical (unpaired) electrons. The molecule has 3 heterocycles. The van der Waals surface area contributed by atoms with Gasteiger partial charge in [-0.3, -0.25) is 9.69 Å².